The molecule has 0 saturated heterocycles. The van der Waals surface area contributed by atoms with Gasteiger partial charge in [0.25, 0.3) is 5.91 Å². The highest BCUT2D eigenvalue weighted by atomic mass is 19.4. The number of pyridine rings is 1. The lowest BCUT2D eigenvalue weighted by molar-refractivity contribution is -0.137. The van der Waals surface area contributed by atoms with E-state index in [-0.39, 0.29) is 17.6 Å². The molecule has 2 rings (SSSR count). The second-order valence-electron chi connectivity index (χ2n) is 4.85. The van der Waals surface area contributed by atoms with Crippen LogP contribution in [0.4, 0.5) is 13.2 Å². The van der Waals surface area contributed by atoms with Gasteiger partial charge in [0.2, 0.25) is 0 Å². The quantitative estimate of drug-likeness (QED) is 0.856. The van der Waals surface area contributed by atoms with Gasteiger partial charge in [-0.15, -0.1) is 5.10 Å². The molecule has 0 aliphatic rings. The largest absolute Gasteiger partial charge is 0.417 e. The third kappa shape index (κ3) is 4.25. The van der Waals surface area contributed by atoms with Gasteiger partial charge in [0, 0.05) is 18.8 Å². The summed E-state index contributed by atoms with van der Waals surface area (Å²) < 4.78 is 38.6. The molecule has 0 bridgehead atoms. The lowest BCUT2D eigenvalue weighted by Crippen LogP contribution is -2.37. The molecule has 0 aromatic carbocycles. The predicted octanol–water partition coefficient (Wildman–Crippen LogP) is 1.02. The van der Waals surface area contributed by atoms with Crippen molar-refractivity contribution in [3.8, 4) is 5.82 Å². The third-order valence-electron chi connectivity index (χ3n) is 3.10. The molecule has 1 unspecified atom stereocenters. The van der Waals surface area contributed by atoms with Gasteiger partial charge in [-0.1, -0.05) is 5.21 Å². The van der Waals surface area contributed by atoms with Crippen molar-refractivity contribution in [3.63, 3.8) is 0 Å². The Balaban J connectivity index is 2.08. The zero-order chi connectivity index (χ0) is 17.0. The number of halogens is 3. The average molecular weight is 328 g/mol. The van der Waals surface area contributed by atoms with Gasteiger partial charge in [0.15, 0.2) is 11.5 Å². The van der Waals surface area contributed by atoms with Crippen molar-refractivity contribution in [2.75, 3.05) is 13.6 Å². The summed E-state index contributed by atoms with van der Waals surface area (Å²) in [5.41, 5.74) is -0.810. The number of carbonyl (C=O) groups excluding carboxylic acids is 1. The fourth-order valence-corrected chi connectivity index (χ4v) is 1.61. The second-order valence-corrected chi connectivity index (χ2v) is 4.85. The van der Waals surface area contributed by atoms with Gasteiger partial charge in [-0.05, 0) is 26.1 Å². The molecular formula is C13H15F3N6O. The molecule has 0 radical (unpaired) electrons. The van der Waals surface area contributed by atoms with Gasteiger partial charge in [0.05, 0.1) is 11.8 Å². The number of nitrogens with one attached hydrogen (secondary N) is 2. The van der Waals surface area contributed by atoms with E-state index in [0.29, 0.717) is 12.7 Å². The second kappa shape index (κ2) is 6.73. The van der Waals surface area contributed by atoms with Crippen LogP contribution < -0.4 is 10.6 Å². The molecule has 1 amide bonds. The summed E-state index contributed by atoms with van der Waals surface area (Å²) >= 11 is 0. The van der Waals surface area contributed by atoms with Crippen LogP contribution in [0.1, 0.15) is 23.0 Å². The van der Waals surface area contributed by atoms with E-state index in [1.54, 1.807) is 7.05 Å². The van der Waals surface area contributed by atoms with Crippen molar-refractivity contribution in [3.05, 3.63) is 35.8 Å². The highest BCUT2D eigenvalue weighted by Gasteiger charge is 2.30. The summed E-state index contributed by atoms with van der Waals surface area (Å²) in [4.78, 5) is 15.5. The Morgan fingerprint density at radius 3 is 2.70 bits per heavy atom. The van der Waals surface area contributed by atoms with Crippen LogP contribution in [0.5, 0.6) is 0 Å². The summed E-state index contributed by atoms with van der Waals surface area (Å²) in [5.74, 6) is -0.293. The number of amides is 1. The Kier molecular flexibility index (Phi) is 4.94. The normalized spacial score (nSPS) is 12.9. The number of rotatable bonds is 5. The minimum absolute atomic E-state index is 0.0509. The number of likely N-dealkylation sites (N-methyl/N-ethyl adjacent to an activating group) is 1. The molecular weight excluding hydrogens is 313 g/mol. The monoisotopic (exact) mass is 328 g/mol. The Bertz CT molecular complexity index is 667. The molecule has 1 atom stereocenters. The van der Waals surface area contributed by atoms with Crippen LogP contribution in [0.15, 0.2) is 24.5 Å². The molecule has 0 aliphatic heterocycles. The number of alkyl halides is 3. The fourth-order valence-electron chi connectivity index (χ4n) is 1.61. The Morgan fingerprint density at radius 2 is 2.13 bits per heavy atom. The van der Waals surface area contributed by atoms with Gasteiger partial charge in [-0.25, -0.2) is 9.67 Å². The van der Waals surface area contributed by atoms with Gasteiger partial charge in [-0.3, -0.25) is 4.79 Å². The van der Waals surface area contributed by atoms with Crippen molar-refractivity contribution in [2.45, 2.75) is 19.1 Å². The smallest absolute Gasteiger partial charge is 0.349 e. The van der Waals surface area contributed by atoms with Crippen LogP contribution >= 0.6 is 0 Å². The maximum absolute atomic E-state index is 12.5. The minimum atomic E-state index is -4.46. The number of carbonyl (C=O) groups is 1. The molecule has 2 heterocycles. The van der Waals surface area contributed by atoms with E-state index in [9.17, 15) is 18.0 Å². The first-order chi connectivity index (χ1) is 10.8. The zero-order valence-corrected chi connectivity index (χ0v) is 12.4. The molecule has 2 aromatic rings. The van der Waals surface area contributed by atoms with E-state index in [0.717, 1.165) is 16.8 Å². The third-order valence-corrected chi connectivity index (χ3v) is 3.10. The van der Waals surface area contributed by atoms with Crippen LogP contribution in [0, 0.1) is 0 Å². The number of nitrogens with zero attached hydrogens (tertiary/aromatic N) is 4. The summed E-state index contributed by atoms with van der Waals surface area (Å²) in [6.07, 6.45) is -2.46. The van der Waals surface area contributed by atoms with Crippen molar-refractivity contribution < 1.29 is 18.0 Å². The molecule has 124 valence electrons. The predicted molar refractivity (Wildman–Crippen MR) is 75.0 cm³/mol. The van der Waals surface area contributed by atoms with Gasteiger partial charge in [-0.2, -0.15) is 13.2 Å². The van der Waals surface area contributed by atoms with Crippen molar-refractivity contribution in [1.82, 2.24) is 30.6 Å². The maximum atomic E-state index is 12.5. The molecule has 2 aromatic heterocycles. The van der Waals surface area contributed by atoms with Crippen LogP contribution in [0.2, 0.25) is 0 Å². The number of aromatic nitrogens is 4. The topological polar surface area (TPSA) is 84.7 Å². The van der Waals surface area contributed by atoms with Crippen molar-refractivity contribution in [2.24, 2.45) is 0 Å². The van der Waals surface area contributed by atoms with Crippen LogP contribution in [-0.4, -0.2) is 45.5 Å². The highest BCUT2D eigenvalue weighted by molar-refractivity contribution is 5.91. The van der Waals surface area contributed by atoms with E-state index in [1.807, 2.05) is 6.92 Å². The van der Waals surface area contributed by atoms with E-state index in [1.165, 1.54) is 6.20 Å². The lowest BCUT2D eigenvalue weighted by atomic mass is 10.3. The Hall–Kier alpha value is -2.49. The SMILES string of the molecule is CNC(C)CNC(=O)c1cn(-c2ccc(C(F)(F)F)cn2)nn1. The Morgan fingerprint density at radius 1 is 1.39 bits per heavy atom. The summed E-state index contributed by atoms with van der Waals surface area (Å²) in [5, 5.41) is 13.0. The van der Waals surface area contributed by atoms with Crippen LogP contribution in [-0.2, 0) is 6.18 Å². The Labute approximate surface area is 129 Å². The van der Waals surface area contributed by atoms with Gasteiger partial charge in [0.1, 0.15) is 0 Å². The zero-order valence-electron chi connectivity index (χ0n) is 12.4. The first-order valence-corrected chi connectivity index (χ1v) is 6.72. The molecule has 10 heteroatoms. The van der Waals surface area contributed by atoms with E-state index < -0.39 is 17.6 Å². The first-order valence-electron chi connectivity index (χ1n) is 6.72. The van der Waals surface area contributed by atoms with Gasteiger partial charge < -0.3 is 10.6 Å². The molecule has 23 heavy (non-hydrogen) atoms. The first kappa shape index (κ1) is 16.9. The van der Waals surface area contributed by atoms with Crippen LogP contribution in [0.3, 0.4) is 0 Å². The van der Waals surface area contributed by atoms with Crippen LogP contribution in [0.25, 0.3) is 5.82 Å². The van der Waals surface area contributed by atoms with Crippen molar-refractivity contribution >= 4 is 5.91 Å². The molecule has 7 nitrogen and oxygen atoms in total. The van der Waals surface area contributed by atoms with Gasteiger partial charge >= 0.3 is 6.18 Å². The molecule has 2 N–H and O–H groups in total. The number of hydrogen-bond acceptors (Lipinski definition) is 5. The summed E-state index contributed by atoms with van der Waals surface area (Å²) in [7, 11) is 1.77. The van der Waals surface area contributed by atoms with E-state index in [2.05, 4.69) is 25.9 Å². The number of hydrogen-bond donors (Lipinski definition) is 2. The standard InChI is InChI=1S/C13H15F3N6O/c1-8(17-2)5-19-12(23)10-7-22(21-20-10)11-4-3-9(6-18-11)13(14,15)16/h3-4,6-8,17H,5H2,1-2H3,(H,19,23). The molecule has 0 fully saturated rings. The van der Waals surface area contributed by atoms with E-state index in [4.69, 9.17) is 0 Å². The van der Waals surface area contributed by atoms with E-state index >= 15 is 0 Å². The highest BCUT2D eigenvalue weighted by Crippen LogP contribution is 2.28. The minimum Gasteiger partial charge on any atom is -0.349 e. The molecule has 0 saturated carbocycles. The fraction of sp³-hybridized carbons (Fsp3) is 0.385. The summed E-state index contributed by atoms with van der Waals surface area (Å²) in [6, 6.07) is 2.13. The summed E-state index contributed by atoms with van der Waals surface area (Å²) in [6.45, 7) is 2.30. The lowest BCUT2D eigenvalue weighted by Gasteiger charge is -2.09. The van der Waals surface area contributed by atoms with Crippen molar-refractivity contribution in [1.29, 1.82) is 0 Å². The maximum Gasteiger partial charge on any atom is 0.417 e. The molecule has 0 aliphatic carbocycles. The molecule has 0 spiro atoms. The average Bonchev–Trinajstić information content (AvgIpc) is 3.01.